The number of methoxy groups -OCH3 is 2. The van der Waals surface area contributed by atoms with Crippen molar-refractivity contribution in [3.05, 3.63) is 53.6 Å². The van der Waals surface area contributed by atoms with Crippen molar-refractivity contribution in [1.82, 2.24) is 10.6 Å². The van der Waals surface area contributed by atoms with Gasteiger partial charge in [-0.25, -0.2) is 4.79 Å². The Bertz CT molecular complexity index is 753. The summed E-state index contributed by atoms with van der Waals surface area (Å²) in [7, 11) is 3.20. The molecule has 0 bridgehead atoms. The lowest BCUT2D eigenvalue weighted by atomic mass is 10.1. The Balaban J connectivity index is 1.52. The third-order valence-corrected chi connectivity index (χ3v) is 4.46. The van der Waals surface area contributed by atoms with Gasteiger partial charge in [0.2, 0.25) is 0 Å². The molecule has 2 unspecified atom stereocenters. The third-order valence-electron chi connectivity index (χ3n) is 4.46. The van der Waals surface area contributed by atoms with Crippen LogP contribution in [0.5, 0.6) is 17.2 Å². The number of hydrogen-bond donors (Lipinski definition) is 2. The first-order chi connectivity index (χ1) is 12.6. The maximum atomic E-state index is 12.2. The highest BCUT2D eigenvalue weighted by Crippen LogP contribution is 2.29. The van der Waals surface area contributed by atoms with Gasteiger partial charge in [-0.3, -0.25) is 0 Å². The molecule has 3 rings (SSSR count). The Labute approximate surface area is 153 Å². The van der Waals surface area contributed by atoms with E-state index in [1.54, 1.807) is 20.3 Å². The Morgan fingerprint density at radius 3 is 2.77 bits per heavy atom. The minimum absolute atomic E-state index is 0.0380. The van der Waals surface area contributed by atoms with Crippen molar-refractivity contribution in [2.24, 2.45) is 0 Å². The van der Waals surface area contributed by atoms with E-state index in [4.69, 9.17) is 14.2 Å². The third kappa shape index (κ3) is 4.02. The molecule has 0 spiro atoms. The van der Waals surface area contributed by atoms with Gasteiger partial charge in [0.15, 0.2) is 0 Å². The zero-order valence-electron chi connectivity index (χ0n) is 15.2. The van der Waals surface area contributed by atoms with Crippen LogP contribution in [0.2, 0.25) is 0 Å². The molecule has 0 radical (unpaired) electrons. The molecule has 6 nitrogen and oxygen atoms in total. The fraction of sp³-hybridized carbons (Fsp3) is 0.350. The maximum absolute atomic E-state index is 12.2. The summed E-state index contributed by atoms with van der Waals surface area (Å²) in [4.78, 5) is 12.2. The van der Waals surface area contributed by atoms with Gasteiger partial charge >= 0.3 is 6.03 Å². The van der Waals surface area contributed by atoms with Crippen LogP contribution in [0.25, 0.3) is 0 Å². The molecule has 2 aromatic rings. The van der Waals surface area contributed by atoms with Gasteiger partial charge in [-0.2, -0.15) is 0 Å². The van der Waals surface area contributed by atoms with Crippen molar-refractivity contribution in [1.29, 1.82) is 0 Å². The van der Waals surface area contributed by atoms with Gasteiger partial charge in [0, 0.05) is 18.1 Å². The molecule has 0 aromatic heterocycles. The molecule has 1 aliphatic rings. The number of carbonyl (C=O) groups excluding carboxylic acids is 1. The molecule has 1 heterocycles. The zero-order valence-corrected chi connectivity index (χ0v) is 15.2. The van der Waals surface area contributed by atoms with E-state index in [-0.39, 0.29) is 18.2 Å². The standard InChI is InChI=1S/C20H24N2O4/c1-13(17-9-8-15(24-2)11-19(17)25-3)22-20(23)21-12-16-10-14-6-4-5-7-18(14)26-16/h4-9,11,13,16H,10,12H2,1-3H3,(H2,21,22,23). The summed E-state index contributed by atoms with van der Waals surface area (Å²) in [6.45, 7) is 2.36. The smallest absolute Gasteiger partial charge is 0.315 e. The number of rotatable bonds is 6. The van der Waals surface area contributed by atoms with Gasteiger partial charge in [-0.05, 0) is 30.7 Å². The number of nitrogens with one attached hydrogen (secondary N) is 2. The molecule has 0 fully saturated rings. The second-order valence-electron chi connectivity index (χ2n) is 6.24. The fourth-order valence-electron chi connectivity index (χ4n) is 3.08. The maximum Gasteiger partial charge on any atom is 0.315 e. The van der Waals surface area contributed by atoms with Crippen molar-refractivity contribution in [2.75, 3.05) is 20.8 Å². The van der Waals surface area contributed by atoms with Gasteiger partial charge in [0.1, 0.15) is 23.4 Å². The predicted octanol–water partition coefficient (Wildman–Crippen LogP) is 3.07. The van der Waals surface area contributed by atoms with E-state index in [9.17, 15) is 4.79 Å². The topological polar surface area (TPSA) is 68.8 Å². The number of urea groups is 1. The summed E-state index contributed by atoms with van der Waals surface area (Å²) in [6, 6.07) is 13.0. The molecule has 0 aliphatic carbocycles. The molecule has 2 N–H and O–H groups in total. The van der Waals surface area contributed by atoms with Crippen LogP contribution < -0.4 is 24.8 Å². The van der Waals surface area contributed by atoms with Crippen LogP contribution in [0.4, 0.5) is 4.79 Å². The van der Waals surface area contributed by atoms with E-state index in [1.807, 2.05) is 43.3 Å². The second-order valence-corrected chi connectivity index (χ2v) is 6.24. The van der Waals surface area contributed by atoms with Crippen LogP contribution in [-0.4, -0.2) is 32.9 Å². The summed E-state index contributed by atoms with van der Waals surface area (Å²) in [6.07, 6.45) is 0.766. The van der Waals surface area contributed by atoms with Crippen molar-refractivity contribution in [3.63, 3.8) is 0 Å². The first-order valence-corrected chi connectivity index (χ1v) is 8.61. The van der Waals surface area contributed by atoms with E-state index < -0.39 is 0 Å². The number of fused-ring (bicyclic) bond motifs is 1. The Hall–Kier alpha value is -2.89. The monoisotopic (exact) mass is 356 g/mol. The quantitative estimate of drug-likeness (QED) is 0.835. The van der Waals surface area contributed by atoms with Gasteiger partial charge in [-0.15, -0.1) is 0 Å². The lowest BCUT2D eigenvalue weighted by Crippen LogP contribution is -2.41. The number of ether oxygens (including phenoxy) is 3. The summed E-state index contributed by atoms with van der Waals surface area (Å²) >= 11 is 0. The molecule has 1 aliphatic heterocycles. The minimum Gasteiger partial charge on any atom is -0.497 e. The molecular weight excluding hydrogens is 332 g/mol. The highest BCUT2D eigenvalue weighted by Gasteiger charge is 2.23. The highest BCUT2D eigenvalue weighted by molar-refractivity contribution is 5.74. The average Bonchev–Trinajstić information content (AvgIpc) is 3.08. The zero-order chi connectivity index (χ0) is 18.5. The first-order valence-electron chi connectivity index (χ1n) is 8.61. The van der Waals surface area contributed by atoms with Crippen LogP contribution in [0.3, 0.4) is 0 Å². The number of benzene rings is 2. The Kier molecular flexibility index (Phi) is 5.51. The Morgan fingerprint density at radius 2 is 2.04 bits per heavy atom. The predicted molar refractivity (Wildman–Crippen MR) is 99.1 cm³/mol. The summed E-state index contributed by atoms with van der Waals surface area (Å²) in [5.74, 6) is 2.28. The summed E-state index contributed by atoms with van der Waals surface area (Å²) < 4.78 is 16.4. The molecule has 0 saturated carbocycles. The van der Waals surface area contributed by atoms with Crippen LogP contribution in [0.1, 0.15) is 24.1 Å². The number of hydrogen-bond acceptors (Lipinski definition) is 4. The average molecular weight is 356 g/mol. The molecule has 2 amide bonds. The van der Waals surface area contributed by atoms with Gasteiger partial charge in [0.05, 0.1) is 26.8 Å². The molecular formula is C20H24N2O4. The highest BCUT2D eigenvalue weighted by atomic mass is 16.5. The first kappa shape index (κ1) is 17.9. The van der Waals surface area contributed by atoms with Crippen molar-refractivity contribution < 1.29 is 19.0 Å². The summed E-state index contributed by atoms with van der Waals surface area (Å²) in [5, 5.41) is 5.81. The minimum atomic E-state index is -0.241. The van der Waals surface area contributed by atoms with Crippen molar-refractivity contribution >= 4 is 6.03 Å². The van der Waals surface area contributed by atoms with Crippen LogP contribution in [0.15, 0.2) is 42.5 Å². The molecule has 26 heavy (non-hydrogen) atoms. The van der Waals surface area contributed by atoms with Crippen LogP contribution in [-0.2, 0) is 6.42 Å². The van der Waals surface area contributed by atoms with E-state index >= 15 is 0 Å². The largest absolute Gasteiger partial charge is 0.497 e. The lowest BCUT2D eigenvalue weighted by Gasteiger charge is -2.19. The van der Waals surface area contributed by atoms with Crippen LogP contribution in [0, 0.1) is 0 Å². The summed E-state index contributed by atoms with van der Waals surface area (Å²) in [5.41, 5.74) is 2.06. The molecule has 0 saturated heterocycles. The Morgan fingerprint density at radius 1 is 1.23 bits per heavy atom. The van der Waals surface area contributed by atoms with E-state index in [2.05, 4.69) is 10.6 Å². The van der Waals surface area contributed by atoms with Crippen molar-refractivity contribution in [2.45, 2.75) is 25.5 Å². The number of carbonyl (C=O) groups is 1. The second kappa shape index (κ2) is 7.99. The van der Waals surface area contributed by atoms with Crippen molar-refractivity contribution in [3.8, 4) is 17.2 Å². The fourth-order valence-corrected chi connectivity index (χ4v) is 3.08. The molecule has 2 aromatic carbocycles. The molecule has 138 valence electrons. The SMILES string of the molecule is COc1ccc(C(C)NC(=O)NCC2Cc3ccccc3O2)c(OC)c1. The van der Waals surface area contributed by atoms with Gasteiger partial charge in [0.25, 0.3) is 0 Å². The van der Waals surface area contributed by atoms with E-state index in [0.29, 0.717) is 18.0 Å². The molecule has 6 heteroatoms. The van der Waals surface area contributed by atoms with E-state index in [0.717, 1.165) is 17.7 Å². The normalized spacial score (nSPS) is 16.2. The molecule has 2 atom stereocenters. The van der Waals surface area contributed by atoms with E-state index in [1.165, 1.54) is 5.56 Å². The number of amides is 2. The van der Waals surface area contributed by atoms with Crippen LogP contribution >= 0.6 is 0 Å². The number of para-hydroxylation sites is 1. The van der Waals surface area contributed by atoms with Gasteiger partial charge < -0.3 is 24.8 Å². The lowest BCUT2D eigenvalue weighted by molar-refractivity contribution is 0.212. The van der Waals surface area contributed by atoms with Gasteiger partial charge in [-0.1, -0.05) is 18.2 Å².